The van der Waals surface area contributed by atoms with Crippen molar-refractivity contribution in [1.29, 1.82) is 0 Å². The third kappa shape index (κ3) is 5.47. The van der Waals surface area contributed by atoms with E-state index in [-0.39, 0.29) is 23.9 Å². The summed E-state index contributed by atoms with van der Waals surface area (Å²) in [5.41, 5.74) is 6.73. The van der Waals surface area contributed by atoms with Crippen molar-refractivity contribution in [3.8, 4) is 5.88 Å². The number of hydrogen-bond acceptors (Lipinski definition) is 5. The average Bonchev–Trinajstić information content (AvgIpc) is 3.41. The van der Waals surface area contributed by atoms with Crippen LogP contribution in [-0.4, -0.2) is 55.2 Å². The number of likely N-dealkylation sites (tertiary alicyclic amines) is 1. The van der Waals surface area contributed by atoms with Gasteiger partial charge in [-0.05, 0) is 67.3 Å². The molecule has 1 aliphatic carbocycles. The van der Waals surface area contributed by atoms with Crippen LogP contribution in [-0.2, 0) is 4.74 Å². The summed E-state index contributed by atoms with van der Waals surface area (Å²) in [4.78, 5) is 19.6. The molecule has 3 fully saturated rings. The molecule has 1 saturated carbocycles. The van der Waals surface area contributed by atoms with Crippen molar-refractivity contribution in [3.05, 3.63) is 101 Å². The summed E-state index contributed by atoms with van der Waals surface area (Å²) in [6.45, 7) is 5.49. The first-order valence-corrected chi connectivity index (χ1v) is 13.7. The van der Waals surface area contributed by atoms with Crippen LogP contribution in [0.5, 0.6) is 5.88 Å². The number of aromatic nitrogens is 1. The van der Waals surface area contributed by atoms with Gasteiger partial charge in [0.05, 0.1) is 19.3 Å². The van der Waals surface area contributed by atoms with Crippen LogP contribution in [0.25, 0.3) is 5.57 Å². The molecule has 6 rings (SSSR count). The maximum Gasteiger partial charge on any atom is 0.252 e. The third-order valence-electron chi connectivity index (χ3n) is 8.09. The van der Waals surface area contributed by atoms with E-state index in [4.69, 9.17) is 9.47 Å². The van der Waals surface area contributed by atoms with Gasteiger partial charge in [0.1, 0.15) is 11.9 Å². The van der Waals surface area contributed by atoms with E-state index >= 15 is 0 Å². The molecule has 3 aromatic rings. The molecule has 1 spiro atoms. The van der Waals surface area contributed by atoms with Crippen molar-refractivity contribution in [3.63, 3.8) is 0 Å². The molecule has 1 N–H and O–H groups in total. The summed E-state index contributed by atoms with van der Waals surface area (Å²) in [6.07, 6.45) is 4.57. The fraction of sp³-hybridized carbons (Fsp3) is 0.375. The van der Waals surface area contributed by atoms with Gasteiger partial charge in [-0.2, -0.15) is 0 Å². The monoisotopic (exact) mass is 527 g/mol. The SMILES string of the molecule is C[C@@H](NC(=O)c1ccnc(O[C@@H]2CCOC2)c1)c1ccc(C(=C2CC3(C2)CN(C)C3)c2ccc(F)cc2)cc1. The van der Waals surface area contributed by atoms with Crippen molar-refractivity contribution < 1.29 is 18.7 Å². The summed E-state index contributed by atoms with van der Waals surface area (Å²) in [5, 5.41) is 3.09. The van der Waals surface area contributed by atoms with Crippen LogP contribution in [0.3, 0.4) is 0 Å². The second kappa shape index (κ2) is 10.5. The number of carbonyl (C=O) groups excluding carboxylic acids is 1. The number of halogens is 1. The first-order valence-electron chi connectivity index (χ1n) is 13.7. The summed E-state index contributed by atoms with van der Waals surface area (Å²) in [7, 11) is 2.17. The quantitative estimate of drug-likeness (QED) is 0.445. The van der Waals surface area contributed by atoms with E-state index in [0.29, 0.717) is 30.1 Å². The minimum absolute atomic E-state index is 0.0245. The van der Waals surface area contributed by atoms with Crippen molar-refractivity contribution >= 4 is 11.5 Å². The van der Waals surface area contributed by atoms with Gasteiger partial charge in [-0.3, -0.25) is 4.79 Å². The van der Waals surface area contributed by atoms with E-state index in [2.05, 4.69) is 46.5 Å². The minimum atomic E-state index is -0.228. The van der Waals surface area contributed by atoms with Crippen molar-refractivity contribution in [2.75, 3.05) is 33.4 Å². The molecular formula is C32H34FN3O3. The Morgan fingerprint density at radius 1 is 1.08 bits per heavy atom. The predicted molar refractivity (Wildman–Crippen MR) is 148 cm³/mol. The van der Waals surface area contributed by atoms with Crippen molar-refractivity contribution in [1.82, 2.24) is 15.2 Å². The Hall–Kier alpha value is -3.55. The zero-order valence-electron chi connectivity index (χ0n) is 22.5. The predicted octanol–water partition coefficient (Wildman–Crippen LogP) is 5.41. The fourth-order valence-corrected chi connectivity index (χ4v) is 6.24. The molecule has 39 heavy (non-hydrogen) atoms. The molecule has 2 aromatic carbocycles. The zero-order valence-corrected chi connectivity index (χ0v) is 22.5. The van der Waals surface area contributed by atoms with Crippen LogP contribution in [0.1, 0.15) is 59.3 Å². The van der Waals surface area contributed by atoms with Gasteiger partial charge in [-0.1, -0.05) is 42.0 Å². The first kappa shape index (κ1) is 25.7. The summed E-state index contributed by atoms with van der Waals surface area (Å²) < 4.78 is 24.9. The van der Waals surface area contributed by atoms with Gasteiger partial charge in [-0.25, -0.2) is 9.37 Å². The lowest BCUT2D eigenvalue weighted by atomic mass is 9.59. The van der Waals surface area contributed by atoms with Gasteiger partial charge >= 0.3 is 0 Å². The highest BCUT2D eigenvalue weighted by Crippen LogP contribution is 2.54. The smallest absolute Gasteiger partial charge is 0.252 e. The van der Waals surface area contributed by atoms with Crippen LogP contribution >= 0.6 is 0 Å². The highest BCUT2D eigenvalue weighted by atomic mass is 19.1. The van der Waals surface area contributed by atoms with Crippen LogP contribution in [0.4, 0.5) is 4.39 Å². The number of nitrogens with one attached hydrogen (secondary N) is 1. The lowest BCUT2D eigenvalue weighted by Gasteiger charge is -2.56. The van der Waals surface area contributed by atoms with Gasteiger partial charge in [0.2, 0.25) is 5.88 Å². The maximum atomic E-state index is 13.7. The average molecular weight is 528 g/mol. The van der Waals surface area contributed by atoms with Gasteiger partial charge in [0.15, 0.2) is 0 Å². The van der Waals surface area contributed by atoms with E-state index in [0.717, 1.165) is 49.0 Å². The molecule has 0 bridgehead atoms. The Bertz CT molecular complexity index is 1360. The molecule has 6 nitrogen and oxygen atoms in total. The van der Waals surface area contributed by atoms with E-state index in [1.54, 1.807) is 18.3 Å². The van der Waals surface area contributed by atoms with E-state index < -0.39 is 0 Å². The first-order chi connectivity index (χ1) is 18.9. The van der Waals surface area contributed by atoms with Gasteiger partial charge < -0.3 is 19.7 Å². The molecule has 1 amide bonds. The highest BCUT2D eigenvalue weighted by Gasteiger charge is 2.49. The Kier molecular flexibility index (Phi) is 6.95. The molecular weight excluding hydrogens is 493 g/mol. The standard InChI is InChI=1S/C32H34FN3O3/c1-21(35-31(37)25-11-13-34-29(15-25)39-28-12-14-38-18-28)22-3-5-23(6-4-22)30(24-7-9-27(33)10-8-24)26-16-32(17-26)19-36(2)20-32/h3-11,13,15,21,28H,12,14,16-20H2,1-2H3,(H,35,37)/t21-,28-/m1/s1. The molecule has 2 aliphatic heterocycles. The van der Waals surface area contributed by atoms with Crippen LogP contribution in [0.15, 0.2) is 72.4 Å². The Morgan fingerprint density at radius 3 is 2.41 bits per heavy atom. The molecule has 2 atom stereocenters. The zero-order chi connectivity index (χ0) is 27.0. The Morgan fingerprint density at radius 2 is 1.77 bits per heavy atom. The lowest BCUT2D eigenvalue weighted by Crippen LogP contribution is -2.58. The number of pyridine rings is 1. The molecule has 1 aromatic heterocycles. The maximum absolute atomic E-state index is 13.7. The Balaban J connectivity index is 1.16. The molecule has 3 heterocycles. The summed E-state index contributed by atoms with van der Waals surface area (Å²) in [5.74, 6) is 0.0258. The second-order valence-corrected chi connectivity index (χ2v) is 11.3. The molecule has 0 radical (unpaired) electrons. The molecule has 0 unspecified atom stereocenters. The Labute approximate surface area is 228 Å². The van der Waals surface area contributed by atoms with E-state index in [1.165, 1.54) is 23.3 Å². The third-order valence-corrected chi connectivity index (χ3v) is 8.09. The topological polar surface area (TPSA) is 63.7 Å². The number of benzene rings is 2. The van der Waals surface area contributed by atoms with Crippen LogP contribution in [0.2, 0.25) is 0 Å². The van der Waals surface area contributed by atoms with Crippen LogP contribution < -0.4 is 10.1 Å². The largest absolute Gasteiger partial charge is 0.472 e. The number of amides is 1. The van der Waals surface area contributed by atoms with Crippen molar-refractivity contribution in [2.24, 2.45) is 5.41 Å². The number of hydrogen-bond donors (Lipinski definition) is 1. The molecule has 2 saturated heterocycles. The molecule has 202 valence electrons. The molecule has 7 heteroatoms. The highest BCUT2D eigenvalue weighted by molar-refractivity contribution is 5.94. The number of rotatable bonds is 7. The van der Waals surface area contributed by atoms with Gasteiger partial charge in [0, 0.05) is 42.8 Å². The van der Waals surface area contributed by atoms with Gasteiger partial charge in [0.25, 0.3) is 5.91 Å². The number of nitrogens with zero attached hydrogens (tertiary/aromatic N) is 2. The number of ether oxygens (including phenoxy) is 2. The summed E-state index contributed by atoms with van der Waals surface area (Å²) in [6, 6.07) is 18.4. The van der Waals surface area contributed by atoms with Crippen LogP contribution in [0, 0.1) is 11.2 Å². The number of allylic oxidation sites excluding steroid dienone is 1. The lowest BCUT2D eigenvalue weighted by molar-refractivity contribution is -0.0106. The van der Waals surface area contributed by atoms with E-state index in [9.17, 15) is 9.18 Å². The number of carbonyl (C=O) groups is 1. The summed E-state index contributed by atoms with van der Waals surface area (Å²) >= 11 is 0. The van der Waals surface area contributed by atoms with Gasteiger partial charge in [-0.15, -0.1) is 0 Å². The normalized spacial score (nSPS) is 20.7. The molecule has 3 aliphatic rings. The fourth-order valence-electron chi connectivity index (χ4n) is 6.24. The second-order valence-electron chi connectivity index (χ2n) is 11.3. The van der Waals surface area contributed by atoms with Crippen molar-refractivity contribution in [2.45, 2.75) is 38.3 Å². The minimum Gasteiger partial charge on any atom is -0.472 e. The van der Waals surface area contributed by atoms with E-state index in [1.807, 2.05) is 19.1 Å².